The van der Waals surface area contributed by atoms with Crippen LogP contribution in [0.4, 0.5) is 0 Å². The number of thioether (sulfide) groups is 1. The highest BCUT2D eigenvalue weighted by Crippen LogP contribution is 2.23. The molecule has 3 rings (SSSR count). The van der Waals surface area contributed by atoms with Gasteiger partial charge in [0.1, 0.15) is 5.75 Å². The summed E-state index contributed by atoms with van der Waals surface area (Å²) in [6, 6.07) is 26.7. The van der Waals surface area contributed by atoms with Gasteiger partial charge in [0, 0.05) is 11.3 Å². The molecular formula is C25H23N3O3S. The van der Waals surface area contributed by atoms with Crippen LogP contribution in [-0.2, 0) is 9.59 Å². The number of carbonyl (C=O) groups is 2. The number of benzene rings is 3. The highest BCUT2D eigenvalue weighted by molar-refractivity contribution is 7.99. The number of amides is 2. The van der Waals surface area contributed by atoms with Crippen molar-refractivity contribution in [3.05, 3.63) is 84.4 Å². The standard InChI is InChI=1S/C25H23N3O3S/c26-17-19-8-10-20(11-9-19)21-12-14-22(15-13-21)31-18-25(30)28-27-24(29)7-4-16-32-23-5-2-1-3-6-23/h1-3,5-6,8-15H,4,7,16,18H2,(H,27,29)(H,28,30). The fraction of sp³-hybridized carbons (Fsp3) is 0.160. The van der Waals surface area contributed by atoms with Crippen molar-refractivity contribution in [3.63, 3.8) is 0 Å². The molecule has 0 unspecified atom stereocenters. The quantitative estimate of drug-likeness (QED) is 0.291. The highest BCUT2D eigenvalue weighted by Gasteiger charge is 2.06. The van der Waals surface area contributed by atoms with Crippen LogP contribution in [-0.4, -0.2) is 24.2 Å². The second-order valence-corrected chi connectivity index (χ2v) is 8.03. The minimum atomic E-state index is -0.437. The lowest BCUT2D eigenvalue weighted by Gasteiger charge is -2.09. The van der Waals surface area contributed by atoms with E-state index in [2.05, 4.69) is 16.9 Å². The van der Waals surface area contributed by atoms with Gasteiger partial charge in [-0.25, -0.2) is 0 Å². The van der Waals surface area contributed by atoms with Gasteiger partial charge in [-0.15, -0.1) is 11.8 Å². The fourth-order valence-electron chi connectivity index (χ4n) is 2.81. The summed E-state index contributed by atoms with van der Waals surface area (Å²) in [4.78, 5) is 24.9. The predicted octanol–water partition coefficient (Wildman–Crippen LogP) is 4.32. The molecule has 0 heterocycles. The van der Waals surface area contributed by atoms with Gasteiger partial charge in [0.15, 0.2) is 6.61 Å². The maximum absolute atomic E-state index is 11.9. The number of hydrogen-bond acceptors (Lipinski definition) is 5. The van der Waals surface area contributed by atoms with Gasteiger partial charge in [0.05, 0.1) is 11.6 Å². The number of nitrogens with zero attached hydrogens (tertiary/aromatic N) is 1. The minimum absolute atomic E-state index is 0.208. The minimum Gasteiger partial charge on any atom is -0.484 e. The van der Waals surface area contributed by atoms with Gasteiger partial charge < -0.3 is 4.74 Å². The van der Waals surface area contributed by atoms with Gasteiger partial charge in [-0.05, 0) is 59.7 Å². The number of nitriles is 1. The number of ether oxygens (including phenoxy) is 1. The molecule has 32 heavy (non-hydrogen) atoms. The van der Waals surface area contributed by atoms with Gasteiger partial charge in [-0.2, -0.15) is 5.26 Å². The molecule has 0 fully saturated rings. The molecule has 0 saturated heterocycles. The first-order valence-corrected chi connectivity index (χ1v) is 11.1. The van der Waals surface area contributed by atoms with Crippen molar-refractivity contribution in [2.24, 2.45) is 0 Å². The van der Waals surface area contributed by atoms with E-state index in [9.17, 15) is 9.59 Å². The van der Waals surface area contributed by atoms with Crippen LogP contribution < -0.4 is 15.6 Å². The van der Waals surface area contributed by atoms with Crippen LogP contribution >= 0.6 is 11.8 Å². The molecule has 3 aromatic rings. The molecule has 0 spiro atoms. The summed E-state index contributed by atoms with van der Waals surface area (Å²) in [5.41, 5.74) is 7.34. The summed E-state index contributed by atoms with van der Waals surface area (Å²) < 4.78 is 5.47. The molecule has 162 valence electrons. The van der Waals surface area contributed by atoms with Crippen LogP contribution in [0, 0.1) is 11.3 Å². The lowest BCUT2D eigenvalue weighted by Crippen LogP contribution is -2.43. The molecule has 0 aromatic heterocycles. The van der Waals surface area contributed by atoms with Crippen LogP contribution in [0.1, 0.15) is 18.4 Å². The van der Waals surface area contributed by atoms with Crippen LogP contribution in [0.2, 0.25) is 0 Å². The second kappa shape index (κ2) is 12.2. The topological polar surface area (TPSA) is 91.2 Å². The zero-order chi connectivity index (χ0) is 22.6. The number of rotatable bonds is 9. The molecule has 0 aliphatic rings. The van der Waals surface area contributed by atoms with Gasteiger partial charge in [0.25, 0.3) is 5.91 Å². The van der Waals surface area contributed by atoms with Crippen molar-refractivity contribution < 1.29 is 14.3 Å². The summed E-state index contributed by atoms with van der Waals surface area (Å²) in [5, 5.41) is 8.87. The third-order valence-electron chi connectivity index (χ3n) is 4.47. The van der Waals surface area contributed by atoms with E-state index in [1.165, 1.54) is 4.90 Å². The molecule has 0 aliphatic carbocycles. The fourth-order valence-corrected chi connectivity index (χ4v) is 3.68. The van der Waals surface area contributed by atoms with Gasteiger partial charge >= 0.3 is 0 Å². The zero-order valence-corrected chi connectivity index (χ0v) is 18.2. The molecular weight excluding hydrogens is 422 g/mol. The van der Waals surface area contributed by atoms with Crippen molar-refractivity contribution in [2.75, 3.05) is 12.4 Å². The van der Waals surface area contributed by atoms with E-state index in [4.69, 9.17) is 10.00 Å². The van der Waals surface area contributed by atoms with E-state index < -0.39 is 5.91 Å². The van der Waals surface area contributed by atoms with Crippen LogP contribution in [0.25, 0.3) is 11.1 Å². The number of hydrogen-bond donors (Lipinski definition) is 2. The molecule has 2 N–H and O–H groups in total. The van der Waals surface area contributed by atoms with Crippen molar-refractivity contribution >= 4 is 23.6 Å². The van der Waals surface area contributed by atoms with Gasteiger partial charge in [-0.3, -0.25) is 20.4 Å². The smallest absolute Gasteiger partial charge is 0.276 e. The van der Waals surface area contributed by atoms with E-state index in [0.717, 1.165) is 16.9 Å². The zero-order valence-electron chi connectivity index (χ0n) is 17.4. The second-order valence-electron chi connectivity index (χ2n) is 6.86. The Bertz CT molecular complexity index is 1060. The van der Waals surface area contributed by atoms with Crippen LogP contribution in [0.15, 0.2) is 83.8 Å². The lowest BCUT2D eigenvalue weighted by molar-refractivity contribution is -0.130. The van der Waals surface area contributed by atoms with E-state index in [-0.39, 0.29) is 12.5 Å². The largest absolute Gasteiger partial charge is 0.484 e. The molecule has 3 aromatic carbocycles. The first-order valence-electron chi connectivity index (χ1n) is 10.1. The summed E-state index contributed by atoms with van der Waals surface area (Å²) in [7, 11) is 0. The molecule has 2 amide bonds. The molecule has 7 heteroatoms. The van der Waals surface area contributed by atoms with Crippen molar-refractivity contribution in [2.45, 2.75) is 17.7 Å². The third kappa shape index (κ3) is 7.49. The normalized spacial score (nSPS) is 10.1. The maximum atomic E-state index is 11.9. The molecule has 0 radical (unpaired) electrons. The summed E-state index contributed by atoms with van der Waals surface area (Å²) >= 11 is 1.69. The average Bonchev–Trinajstić information content (AvgIpc) is 2.85. The SMILES string of the molecule is N#Cc1ccc(-c2ccc(OCC(=O)NNC(=O)CCCSc3ccccc3)cc2)cc1. The Morgan fingerprint density at radius 1 is 0.844 bits per heavy atom. The summed E-state index contributed by atoms with van der Waals surface area (Å²) in [6.07, 6.45) is 1.04. The Morgan fingerprint density at radius 3 is 2.12 bits per heavy atom. The highest BCUT2D eigenvalue weighted by atomic mass is 32.2. The Morgan fingerprint density at radius 2 is 1.47 bits per heavy atom. The van der Waals surface area contributed by atoms with E-state index in [1.54, 1.807) is 36.0 Å². The van der Waals surface area contributed by atoms with E-state index in [0.29, 0.717) is 24.2 Å². The molecule has 6 nitrogen and oxygen atoms in total. The first kappa shape index (κ1) is 22.9. The molecule has 0 bridgehead atoms. The number of hydrazine groups is 1. The Hall–Kier alpha value is -3.76. The third-order valence-corrected chi connectivity index (χ3v) is 5.57. The van der Waals surface area contributed by atoms with Crippen molar-refractivity contribution in [1.82, 2.24) is 10.9 Å². The number of carbonyl (C=O) groups excluding carboxylic acids is 2. The van der Waals surface area contributed by atoms with E-state index >= 15 is 0 Å². The molecule has 0 aliphatic heterocycles. The van der Waals surface area contributed by atoms with Crippen molar-refractivity contribution in [1.29, 1.82) is 5.26 Å². The lowest BCUT2D eigenvalue weighted by atomic mass is 10.0. The Balaban J connectivity index is 1.32. The Labute approximate surface area is 191 Å². The number of nitrogens with one attached hydrogen (secondary N) is 2. The van der Waals surface area contributed by atoms with Crippen LogP contribution in [0.5, 0.6) is 5.75 Å². The summed E-state index contributed by atoms with van der Waals surface area (Å²) in [5.74, 6) is 0.696. The Kier molecular flexibility index (Phi) is 8.72. The maximum Gasteiger partial charge on any atom is 0.276 e. The van der Waals surface area contributed by atoms with E-state index in [1.807, 2.05) is 54.6 Å². The molecule has 0 saturated carbocycles. The monoisotopic (exact) mass is 445 g/mol. The van der Waals surface area contributed by atoms with Gasteiger partial charge in [-0.1, -0.05) is 42.5 Å². The predicted molar refractivity (Wildman–Crippen MR) is 125 cm³/mol. The molecule has 0 atom stereocenters. The average molecular weight is 446 g/mol. The summed E-state index contributed by atoms with van der Waals surface area (Å²) in [6.45, 7) is -0.208. The van der Waals surface area contributed by atoms with Crippen molar-refractivity contribution in [3.8, 4) is 22.9 Å². The van der Waals surface area contributed by atoms with Gasteiger partial charge in [0.2, 0.25) is 5.91 Å². The van der Waals surface area contributed by atoms with Crippen LogP contribution in [0.3, 0.4) is 0 Å². The first-order chi connectivity index (χ1) is 15.6.